The third kappa shape index (κ3) is 6.14. The van der Waals surface area contributed by atoms with Gasteiger partial charge in [-0.15, -0.1) is 0 Å². The number of pyridine rings is 1. The van der Waals surface area contributed by atoms with Gasteiger partial charge in [0.25, 0.3) is 0 Å². The molecular weight excluding hydrogens is 520 g/mol. The van der Waals surface area contributed by atoms with Gasteiger partial charge in [0.2, 0.25) is 0 Å². The maximum absolute atomic E-state index is 5.40. The number of aromatic nitrogens is 2. The summed E-state index contributed by atoms with van der Waals surface area (Å²) in [6.07, 6.45) is 3.99. The van der Waals surface area contributed by atoms with Crippen LogP contribution in [0.2, 0.25) is 0 Å². The van der Waals surface area contributed by atoms with Crippen LogP contribution in [0.1, 0.15) is 16.8 Å². The Balaban J connectivity index is 1.28. The minimum absolute atomic E-state index is 0.756. The van der Waals surface area contributed by atoms with Gasteiger partial charge in [-0.3, -0.25) is 9.88 Å². The molecular formula is C36H34N4O2. The second kappa shape index (κ2) is 12.6. The smallest absolute Gasteiger partial charge is 0.119 e. The van der Waals surface area contributed by atoms with Crippen molar-refractivity contribution in [2.45, 2.75) is 19.6 Å². The van der Waals surface area contributed by atoms with E-state index in [-0.39, 0.29) is 0 Å². The molecule has 210 valence electrons. The molecule has 6 rings (SSSR count). The molecule has 6 aromatic rings. The van der Waals surface area contributed by atoms with Crippen molar-refractivity contribution in [3.63, 3.8) is 0 Å². The van der Waals surface area contributed by atoms with Gasteiger partial charge in [-0.25, -0.2) is 0 Å². The molecule has 0 aliphatic heterocycles. The Labute approximate surface area is 246 Å². The van der Waals surface area contributed by atoms with Crippen LogP contribution < -0.4 is 14.4 Å². The van der Waals surface area contributed by atoms with E-state index >= 15 is 0 Å². The first-order valence-electron chi connectivity index (χ1n) is 14.0. The molecule has 0 amide bonds. The van der Waals surface area contributed by atoms with Gasteiger partial charge in [0.05, 0.1) is 19.9 Å². The van der Waals surface area contributed by atoms with Crippen LogP contribution in [0.25, 0.3) is 10.9 Å². The van der Waals surface area contributed by atoms with Gasteiger partial charge in [0, 0.05) is 60.0 Å². The van der Waals surface area contributed by atoms with E-state index in [4.69, 9.17) is 9.47 Å². The lowest BCUT2D eigenvalue weighted by molar-refractivity contribution is 0.245. The van der Waals surface area contributed by atoms with Crippen molar-refractivity contribution >= 4 is 28.0 Å². The highest BCUT2D eigenvalue weighted by Crippen LogP contribution is 2.36. The Hall–Kier alpha value is -5.07. The number of rotatable bonds is 11. The van der Waals surface area contributed by atoms with Gasteiger partial charge in [-0.05, 0) is 90.0 Å². The summed E-state index contributed by atoms with van der Waals surface area (Å²) in [7, 11) is 3.37. The maximum atomic E-state index is 5.40. The summed E-state index contributed by atoms with van der Waals surface area (Å²) < 4.78 is 10.8. The fraction of sp³-hybridized carbons (Fsp3) is 0.139. The normalized spacial score (nSPS) is 11.1. The first-order valence-corrected chi connectivity index (χ1v) is 14.0. The monoisotopic (exact) mass is 554 g/mol. The SMILES string of the molecule is COc1ccc(N(c2ccc(CN(Cc3ccccn3)Cc3c[nH]c4ccccc34)cc2)c2ccc(OC)cc2)cc1. The molecule has 2 aromatic heterocycles. The van der Waals surface area contributed by atoms with E-state index in [0.717, 1.165) is 59.4 Å². The molecule has 0 fully saturated rings. The average Bonchev–Trinajstić information content (AvgIpc) is 3.45. The number of nitrogens with zero attached hydrogens (tertiary/aromatic N) is 3. The van der Waals surface area contributed by atoms with E-state index in [1.165, 1.54) is 16.5 Å². The summed E-state index contributed by atoms with van der Waals surface area (Å²) in [4.78, 5) is 12.7. The van der Waals surface area contributed by atoms with Crippen LogP contribution in [0.4, 0.5) is 17.1 Å². The highest BCUT2D eigenvalue weighted by molar-refractivity contribution is 5.83. The van der Waals surface area contributed by atoms with E-state index < -0.39 is 0 Å². The summed E-state index contributed by atoms with van der Waals surface area (Å²) in [6, 6.07) is 39.6. The van der Waals surface area contributed by atoms with E-state index in [1.54, 1.807) is 14.2 Å². The Bertz CT molecular complexity index is 1670. The Morgan fingerprint density at radius 3 is 1.81 bits per heavy atom. The molecule has 0 atom stereocenters. The summed E-state index contributed by atoms with van der Waals surface area (Å²) in [5.41, 5.74) is 7.89. The van der Waals surface area contributed by atoms with Crippen LogP contribution in [0.5, 0.6) is 11.5 Å². The highest BCUT2D eigenvalue weighted by Gasteiger charge is 2.15. The molecule has 6 nitrogen and oxygen atoms in total. The Kier molecular flexibility index (Phi) is 8.15. The van der Waals surface area contributed by atoms with E-state index in [1.807, 2.05) is 42.6 Å². The fourth-order valence-electron chi connectivity index (χ4n) is 5.31. The van der Waals surface area contributed by atoms with E-state index in [9.17, 15) is 0 Å². The van der Waals surface area contributed by atoms with Crippen molar-refractivity contribution in [1.29, 1.82) is 0 Å². The molecule has 4 aromatic carbocycles. The zero-order chi connectivity index (χ0) is 28.7. The van der Waals surface area contributed by atoms with Crippen LogP contribution in [0.15, 0.2) is 128 Å². The van der Waals surface area contributed by atoms with Crippen LogP contribution in [-0.4, -0.2) is 29.1 Å². The molecule has 6 heteroatoms. The molecule has 42 heavy (non-hydrogen) atoms. The summed E-state index contributed by atoms with van der Waals surface area (Å²) in [6.45, 7) is 2.36. The topological polar surface area (TPSA) is 53.6 Å². The largest absolute Gasteiger partial charge is 0.497 e. The number of hydrogen-bond donors (Lipinski definition) is 1. The summed E-state index contributed by atoms with van der Waals surface area (Å²) in [5, 5.41) is 1.26. The average molecular weight is 555 g/mol. The van der Waals surface area contributed by atoms with Crippen LogP contribution in [0, 0.1) is 0 Å². The first-order chi connectivity index (χ1) is 20.7. The number of methoxy groups -OCH3 is 2. The van der Waals surface area contributed by atoms with Crippen molar-refractivity contribution < 1.29 is 9.47 Å². The van der Waals surface area contributed by atoms with Crippen molar-refractivity contribution in [3.05, 3.63) is 144 Å². The quantitative estimate of drug-likeness (QED) is 0.175. The van der Waals surface area contributed by atoms with Crippen LogP contribution in [-0.2, 0) is 19.6 Å². The number of ether oxygens (including phenoxy) is 2. The molecule has 0 bridgehead atoms. The number of fused-ring (bicyclic) bond motifs is 1. The van der Waals surface area contributed by atoms with Gasteiger partial charge in [0.15, 0.2) is 0 Å². The Morgan fingerprint density at radius 2 is 1.21 bits per heavy atom. The highest BCUT2D eigenvalue weighted by atomic mass is 16.5. The molecule has 0 saturated heterocycles. The Morgan fingerprint density at radius 1 is 0.619 bits per heavy atom. The van der Waals surface area contributed by atoms with Crippen molar-refractivity contribution in [1.82, 2.24) is 14.9 Å². The van der Waals surface area contributed by atoms with Crippen LogP contribution in [0.3, 0.4) is 0 Å². The van der Waals surface area contributed by atoms with Gasteiger partial charge >= 0.3 is 0 Å². The van der Waals surface area contributed by atoms with Crippen molar-refractivity contribution in [3.8, 4) is 11.5 Å². The van der Waals surface area contributed by atoms with Crippen molar-refractivity contribution in [2.75, 3.05) is 19.1 Å². The third-order valence-corrected chi connectivity index (χ3v) is 7.44. The molecule has 0 unspecified atom stereocenters. The molecule has 0 aliphatic rings. The number of H-pyrrole nitrogens is 1. The summed E-state index contributed by atoms with van der Waals surface area (Å²) >= 11 is 0. The lowest BCUT2D eigenvalue weighted by Gasteiger charge is -2.26. The lowest BCUT2D eigenvalue weighted by Crippen LogP contribution is -2.23. The molecule has 0 saturated carbocycles. The molecule has 1 N–H and O–H groups in total. The summed E-state index contributed by atoms with van der Waals surface area (Å²) in [5.74, 6) is 1.65. The van der Waals surface area contributed by atoms with Crippen molar-refractivity contribution in [2.24, 2.45) is 0 Å². The molecule has 0 spiro atoms. The van der Waals surface area contributed by atoms with Gasteiger partial charge in [-0.1, -0.05) is 36.4 Å². The minimum atomic E-state index is 0.756. The second-order valence-corrected chi connectivity index (χ2v) is 10.2. The number of hydrogen-bond acceptors (Lipinski definition) is 5. The molecule has 0 radical (unpaired) electrons. The van der Waals surface area contributed by atoms with Gasteiger partial charge in [-0.2, -0.15) is 0 Å². The predicted molar refractivity (Wildman–Crippen MR) is 170 cm³/mol. The first kappa shape index (κ1) is 27.1. The number of nitrogens with one attached hydrogen (secondary N) is 1. The number of para-hydroxylation sites is 1. The molecule has 0 aliphatic carbocycles. The van der Waals surface area contributed by atoms with Gasteiger partial charge < -0.3 is 19.4 Å². The fourth-order valence-corrected chi connectivity index (χ4v) is 5.31. The van der Waals surface area contributed by atoms with E-state index in [0.29, 0.717) is 0 Å². The third-order valence-electron chi connectivity index (χ3n) is 7.44. The van der Waals surface area contributed by atoms with Crippen LogP contribution >= 0.6 is 0 Å². The van der Waals surface area contributed by atoms with Gasteiger partial charge in [0.1, 0.15) is 11.5 Å². The standard InChI is InChI=1S/C36H34N4O2/c1-41-33-18-14-31(15-19-33)40(32-16-20-34(42-2)21-17-32)30-12-10-27(11-13-30)24-39(26-29-7-5-6-22-37-29)25-28-23-38-36-9-4-3-8-35(28)36/h3-23,38H,24-26H2,1-2H3. The number of aromatic amines is 1. The van der Waals surface area contributed by atoms with E-state index in [2.05, 4.69) is 105 Å². The number of benzene rings is 4. The number of anilines is 3. The lowest BCUT2D eigenvalue weighted by atomic mass is 10.1. The maximum Gasteiger partial charge on any atom is 0.119 e. The zero-order valence-electron chi connectivity index (χ0n) is 23.9. The molecule has 2 heterocycles. The minimum Gasteiger partial charge on any atom is -0.497 e. The predicted octanol–water partition coefficient (Wildman–Crippen LogP) is 8.25. The zero-order valence-corrected chi connectivity index (χ0v) is 23.9. The second-order valence-electron chi connectivity index (χ2n) is 10.2.